The fourth-order valence-corrected chi connectivity index (χ4v) is 0.864. The number of imidazole rings is 1. The quantitative estimate of drug-likeness (QED) is 0.620. The third-order valence-corrected chi connectivity index (χ3v) is 1.53. The summed E-state index contributed by atoms with van der Waals surface area (Å²) in [6.07, 6.45) is 3.18. The Morgan fingerprint density at radius 2 is 2.58 bits per heavy atom. The maximum atomic E-state index is 10.8. The standard InChI is InChI=1S/C7H11N3O2/c1-12-7(11)4-10-5-9-3-6(10)2-8/h3,5H,2,4,8H2,1H3. The Morgan fingerprint density at radius 3 is 3.17 bits per heavy atom. The number of esters is 1. The highest BCUT2D eigenvalue weighted by molar-refractivity contribution is 5.69. The molecule has 0 unspecified atom stereocenters. The number of nitrogens with zero attached hydrogens (tertiary/aromatic N) is 2. The van der Waals surface area contributed by atoms with Crippen LogP contribution in [0.2, 0.25) is 0 Å². The molecular weight excluding hydrogens is 158 g/mol. The number of hydrogen-bond acceptors (Lipinski definition) is 4. The van der Waals surface area contributed by atoms with Crippen LogP contribution >= 0.6 is 0 Å². The Balaban J connectivity index is 2.68. The highest BCUT2D eigenvalue weighted by Crippen LogP contribution is 1.97. The van der Waals surface area contributed by atoms with Crippen molar-refractivity contribution in [3.63, 3.8) is 0 Å². The van der Waals surface area contributed by atoms with Gasteiger partial charge in [-0.15, -0.1) is 0 Å². The van der Waals surface area contributed by atoms with Crippen molar-refractivity contribution in [2.45, 2.75) is 13.1 Å². The Hall–Kier alpha value is -1.36. The first-order valence-corrected chi connectivity index (χ1v) is 3.53. The van der Waals surface area contributed by atoms with Crippen LogP contribution in [0.4, 0.5) is 0 Å². The van der Waals surface area contributed by atoms with Crippen LogP contribution in [0.1, 0.15) is 5.69 Å². The Labute approximate surface area is 70.1 Å². The second-order valence-electron chi connectivity index (χ2n) is 2.29. The number of methoxy groups -OCH3 is 1. The van der Waals surface area contributed by atoms with E-state index in [-0.39, 0.29) is 12.5 Å². The predicted octanol–water partition coefficient (Wildman–Crippen LogP) is -0.485. The predicted molar refractivity (Wildman–Crippen MR) is 42.1 cm³/mol. The van der Waals surface area contributed by atoms with Gasteiger partial charge in [0.1, 0.15) is 6.54 Å². The molecular formula is C7H11N3O2. The van der Waals surface area contributed by atoms with Crippen molar-refractivity contribution in [1.82, 2.24) is 9.55 Å². The molecule has 5 nitrogen and oxygen atoms in total. The van der Waals surface area contributed by atoms with Crippen LogP contribution in [-0.4, -0.2) is 22.6 Å². The molecule has 0 radical (unpaired) electrons. The van der Waals surface area contributed by atoms with Crippen molar-refractivity contribution in [2.24, 2.45) is 5.73 Å². The lowest BCUT2D eigenvalue weighted by atomic mass is 10.4. The minimum atomic E-state index is -0.303. The zero-order chi connectivity index (χ0) is 8.97. The van der Waals surface area contributed by atoms with E-state index in [0.717, 1.165) is 5.69 Å². The molecule has 12 heavy (non-hydrogen) atoms. The van der Waals surface area contributed by atoms with E-state index >= 15 is 0 Å². The monoisotopic (exact) mass is 169 g/mol. The summed E-state index contributed by atoms with van der Waals surface area (Å²) >= 11 is 0. The molecule has 1 rings (SSSR count). The summed E-state index contributed by atoms with van der Waals surface area (Å²) < 4.78 is 6.15. The van der Waals surface area contributed by atoms with Gasteiger partial charge >= 0.3 is 5.97 Å². The van der Waals surface area contributed by atoms with E-state index in [0.29, 0.717) is 6.54 Å². The molecule has 1 aromatic heterocycles. The van der Waals surface area contributed by atoms with Gasteiger partial charge in [0.05, 0.1) is 19.1 Å². The molecule has 0 saturated carbocycles. The maximum Gasteiger partial charge on any atom is 0.325 e. The summed E-state index contributed by atoms with van der Waals surface area (Å²) in [5.74, 6) is -0.303. The van der Waals surface area contributed by atoms with Crippen LogP contribution in [0, 0.1) is 0 Å². The van der Waals surface area contributed by atoms with E-state index in [1.54, 1.807) is 17.1 Å². The minimum Gasteiger partial charge on any atom is -0.468 e. The molecule has 0 aliphatic rings. The molecule has 0 saturated heterocycles. The van der Waals surface area contributed by atoms with Gasteiger partial charge in [-0.3, -0.25) is 4.79 Å². The number of aromatic nitrogens is 2. The van der Waals surface area contributed by atoms with E-state index in [1.807, 2.05) is 0 Å². The van der Waals surface area contributed by atoms with E-state index in [9.17, 15) is 4.79 Å². The third kappa shape index (κ3) is 1.82. The first-order chi connectivity index (χ1) is 5.77. The number of carbonyl (C=O) groups is 1. The highest BCUT2D eigenvalue weighted by atomic mass is 16.5. The van der Waals surface area contributed by atoms with Crippen LogP contribution in [-0.2, 0) is 22.6 Å². The topological polar surface area (TPSA) is 70.1 Å². The summed E-state index contributed by atoms with van der Waals surface area (Å²) in [4.78, 5) is 14.7. The molecule has 0 amide bonds. The van der Waals surface area contributed by atoms with Gasteiger partial charge in [-0.2, -0.15) is 0 Å². The molecule has 1 heterocycles. The molecule has 2 N–H and O–H groups in total. The van der Waals surface area contributed by atoms with Gasteiger partial charge in [0.2, 0.25) is 0 Å². The van der Waals surface area contributed by atoms with Crippen molar-refractivity contribution < 1.29 is 9.53 Å². The number of ether oxygens (including phenoxy) is 1. The van der Waals surface area contributed by atoms with Crippen molar-refractivity contribution >= 4 is 5.97 Å². The molecule has 0 bridgehead atoms. The van der Waals surface area contributed by atoms with Gasteiger partial charge in [0, 0.05) is 12.7 Å². The smallest absolute Gasteiger partial charge is 0.325 e. The Morgan fingerprint density at radius 1 is 1.83 bits per heavy atom. The number of hydrogen-bond donors (Lipinski definition) is 1. The molecule has 66 valence electrons. The molecule has 0 atom stereocenters. The zero-order valence-corrected chi connectivity index (χ0v) is 6.86. The summed E-state index contributed by atoms with van der Waals surface area (Å²) in [6, 6.07) is 0. The largest absolute Gasteiger partial charge is 0.468 e. The maximum absolute atomic E-state index is 10.8. The fraction of sp³-hybridized carbons (Fsp3) is 0.429. The van der Waals surface area contributed by atoms with Crippen LogP contribution < -0.4 is 5.73 Å². The average molecular weight is 169 g/mol. The van der Waals surface area contributed by atoms with E-state index < -0.39 is 0 Å². The van der Waals surface area contributed by atoms with Gasteiger partial charge in [0.15, 0.2) is 0 Å². The van der Waals surface area contributed by atoms with Crippen LogP contribution in [0.25, 0.3) is 0 Å². The van der Waals surface area contributed by atoms with Crippen molar-refractivity contribution in [3.05, 3.63) is 18.2 Å². The molecule has 5 heteroatoms. The first kappa shape index (κ1) is 8.73. The fourth-order valence-electron chi connectivity index (χ4n) is 0.864. The van der Waals surface area contributed by atoms with E-state index in [1.165, 1.54) is 7.11 Å². The highest BCUT2D eigenvalue weighted by Gasteiger charge is 2.04. The van der Waals surface area contributed by atoms with Gasteiger partial charge < -0.3 is 15.0 Å². The summed E-state index contributed by atoms with van der Waals surface area (Å²) in [5.41, 5.74) is 6.22. The molecule has 1 aromatic rings. The lowest BCUT2D eigenvalue weighted by Crippen LogP contribution is -2.14. The summed E-state index contributed by atoms with van der Waals surface area (Å²) in [6.45, 7) is 0.542. The van der Waals surface area contributed by atoms with Gasteiger partial charge in [-0.05, 0) is 0 Å². The normalized spacial score (nSPS) is 9.83. The molecule has 0 aliphatic heterocycles. The third-order valence-electron chi connectivity index (χ3n) is 1.53. The second-order valence-corrected chi connectivity index (χ2v) is 2.29. The van der Waals surface area contributed by atoms with Crippen molar-refractivity contribution in [2.75, 3.05) is 7.11 Å². The lowest BCUT2D eigenvalue weighted by Gasteiger charge is -2.03. The first-order valence-electron chi connectivity index (χ1n) is 3.53. The molecule has 0 spiro atoms. The second kappa shape index (κ2) is 3.87. The Kier molecular flexibility index (Phi) is 2.82. The number of nitrogens with two attached hydrogens (primary N) is 1. The number of carbonyl (C=O) groups excluding carboxylic acids is 1. The van der Waals surface area contributed by atoms with Crippen LogP contribution in [0.3, 0.4) is 0 Å². The van der Waals surface area contributed by atoms with Crippen LogP contribution in [0.15, 0.2) is 12.5 Å². The lowest BCUT2D eigenvalue weighted by molar-refractivity contribution is -0.141. The van der Waals surface area contributed by atoms with E-state index in [4.69, 9.17) is 5.73 Å². The van der Waals surface area contributed by atoms with Crippen molar-refractivity contribution in [1.29, 1.82) is 0 Å². The SMILES string of the molecule is COC(=O)Cn1cncc1CN. The number of rotatable bonds is 3. The Bertz CT molecular complexity index is 269. The zero-order valence-electron chi connectivity index (χ0n) is 6.86. The van der Waals surface area contributed by atoms with Gasteiger partial charge in [0.25, 0.3) is 0 Å². The van der Waals surface area contributed by atoms with Gasteiger partial charge in [-0.25, -0.2) is 4.98 Å². The molecule has 0 fully saturated rings. The van der Waals surface area contributed by atoms with Crippen LogP contribution in [0.5, 0.6) is 0 Å². The van der Waals surface area contributed by atoms with E-state index in [2.05, 4.69) is 9.72 Å². The van der Waals surface area contributed by atoms with Gasteiger partial charge in [-0.1, -0.05) is 0 Å². The van der Waals surface area contributed by atoms with Crippen molar-refractivity contribution in [3.8, 4) is 0 Å². The average Bonchev–Trinajstić information content (AvgIpc) is 2.51. The minimum absolute atomic E-state index is 0.170. The summed E-state index contributed by atoms with van der Waals surface area (Å²) in [7, 11) is 1.35. The summed E-state index contributed by atoms with van der Waals surface area (Å²) in [5, 5.41) is 0. The molecule has 0 aromatic carbocycles. The molecule has 0 aliphatic carbocycles.